The smallest absolute Gasteiger partial charge is 0.263 e. The highest BCUT2D eigenvalue weighted by Gasteiger charge is 2.33. The number of aromatic nitrogens is 1. The molecule has 0 atom stereocenters. The number of benzene rings is 3. The first-order valence-corrected chi connectivity index (χ1v) is 14.0. The van der Waals surface area contributed by atoms with Gasteiger partial charge in [-0.25, -0.2) is 21.8 Å². The highest BCUT2D eigenvalue weighted by molar-refractivity contribution is 7.94. The lowest BCUT2D eigenvalue weighted by Crippen LogP contribution is -2.47. The van der Waals surface area contributed by atoms with E-state index >= 15 is 0 Å². The van der Waals surface area contributed by atoms with Crippen LogP contribution >= 0.6 is 23.2 Å². The van der Waals surface area contributed by atoms with Crippen LogP contribution in [0.3, 0.4) is 0 Å². The molecule has 5 rings (SSSR count). The lowest BCUT2D eigenvalue weighted by Gasteiger charge is -2.32. The monoisotopic (exact) mass is 533 g/mol. The van der Waals surface area contributed by atoms with Crippen LogP contribution in [0.4, 0.5) is 11.4 Å². The number of hydrogen-bond donors (Lipinski definition) is 1. The standard InChI is InChI=1S/C23H17Cl2N3O4S2/c24-19-8-6-16(13-18(19)22-9-5-15-3-1-2-4-21(15)26-22)27-34(31,32)23-10-7-17(14-20(23)25)28-11-12-33(28,29)30/h1-10,13-14,27H,11-12H2. The second-order valence-corrected chi connectivity index (χ2v) is 12.2. The number of nitrogens with zero attached hydrogens (tertiary/aromatic N) is 2. The van der Waals surface area contributed by atoms with Crippen LogP contribution in [-0.2, 0) is 20.0 Å². The van der Waals surface area contributed by atoms with Crippen molar-refractivity contribution in [3.8, 4) is 11.3 Å². The quantitative estimate of drug-likeness (QED) is 0.382. The van der Waals surface area contributed by atoms with Gasteiger partial charge in [-0.1, -0.05) is 47.5 Å². The number of hydrogen-bond acceptors (Lipinski definition) is 5. The summed E-state index contributed by atoms with van der Waals surface area (Å²) in [6.07, 6.45) is 0. The topological polar surface area (TPSA) is 96.4 Å². The first-order chi connectivity index (χ1) is 16.1. The van der Waals surface area contributed by atoms with Crippen LogP contribution in [0.1, 0.15) is 0 Å². The fraction of sp³-hybridized carbons (Fsp3) is 0.0870. The predicted molar refractivity (Wildman–Crippen MR) is 136 cm³/mol. The summed E-state index contributed by atoms with van der Waals surface area (Å²) < 4.78 is 53.5. The number of para-hydroxylation sites is 1. The summed E-state index contributed by atoms with van der Waals surface area (Å²) in [5.74, 6) is 0.0528. The average molecular weight is 534 g/mol. The zero-order valence-electron chi connectivity index (χ0n) is 17.4. The third kappa shape index (κ3) is 4.20. The molecule has 1 saturated heterocycles. The highest BCUT2D eigenvalue weighted by Crippen LogP contribution is 2.34. The largest absolute Gasteiger partial charge is 0.280 e. The maximum absolute atomic E-state index is 13.0. The summed E-state index contributed by atoms with van der Waals surface area (Å²) in [6, 6.07) is 20.2. The average Bonchev–Trinajstić information content (AvgIpc) is 2.79. The van der Waals surface area contributed by atoms with Gasteiger partial charge in [0.1, 0.15) is 4.90 Å². The Morgan fingerprint density at radius 3 is 2.41 bits per heavy atom. The minimum Gasteiger partial charge on any atom is -0.280 e. The third-order valence-electron chi connectivity index (χ3n) is 5.47. The van der Waals surface area contributed by atoms with Crippen molar-refractivity contribution in [2.75, 3.05) is 21.3 Å². The van der Waals surface area contributed by atoms with Gasteiger partial charge in [-0.3, -0.25) is 9.03 Å². The molecule has 0 saturated carbocycles. The molecule has 0 unspecified atom stereocenters. The van der Waals surface area contributed by atoms with Crippen molar-refractivity contribution in [2.45, 2.75) is 4.90 Å². The van der Waals surface area contributed by atoms with Crippen molar-refractivity contribution in [1.29, 1.82) is 0 Å². The van der Waals surface area contributed by atoms with E-state index in [1.165, 1.54) is 22.5 Å². The second kappa shape index (κ2) is 8.42. The van der Waals surface area contributed by atoms with Crippen LogP contribution in [-0.4, -0.2) is 34.1 Å². The van der Waals surface area contributed by atoms with Crippen LogP contribution in [0.25, 0.3) is 22.2 Å². The Morgan fingerprint density at radius 1 is 0.912 bits per heavy atom. The predicted octanol–water partition coefficient (Wildman–Crippen LogP) is 5.16. The van der Waals surface area contributed by atoms with Crippen molar-refractivity contribution in [1.82, 2.24) is 4.98 Å². The summed E-state index contributed by atoms with van der Waals surface area (Å²) in [5, 5.41) is 1.31. The van der Waals surface area contributed by atoms with Gasteiger partial charge >= 0.3 is 0 Å². The Bertz CT molecular complexity index is 1660. The Labute approximate surface area is 207 Å². The van der Waals surface area contributed by atoms with Gasteiger partial charge in [0.15, 0.2) is 0 Å². The Balaban J connectivity index is 1.46. The van der Waals surface area contributed by atoms with E-state index in [9.17, 15) is 16.8 Å². The van der Waals surface area contributed by atoms with Gasteiger partial charge in [0, 0.05) is 23.2 Å². The number of halogens is 2. The molecule has 174 valence electrons. The van der Waals surface area contributed by atoms with E-state index < -0.39 is 20.0 Å². The van der Waals surface area contributed by atoms with Crippen molar-refractivity contribution in [2.24, 2.45) is 0 Å². The van der Waals surface area contributed by atoms with Gasteiger partial charge in [0.2, 0.25) is 10.0 Å². The SMILES string of the molecule is O=S(=O)(Nc1ccc(Cl)c(-c2ccc3ccccc3n2)c1)c1ccc(N2CCS2(=O)=O)cc1Cl. The van der Waals surface area contributed by atoms with Crippen molar-refractivity contribution < 1.29 is 16.8 Å². The van der Waals surface area contributed by atoms with Gasteiger partial charge in [-0.15, -0.1) is 0 Å². The molecule has 1 aromatic heterocycles. The first-order valence-electron chi connectivity index (χ1n) is 10.1. The van der Waals surface area contributed by atoms with E-state index in [1.807, 2.05) is 36.4 Å². The maximum Gasteiger partial charge on any atom is 0.263 e. The molecule has 4 aromatic rings. The zero-order chi connectivity index (χ0) is 24.1. The second-order valence-electron chi connectivity index (χ2n) is 7.69. The molecule has 1 fully saturated rings. The lowest BCUT2D eigenvalue weighted by molar-refractivity contribution is 0.578. The molecule has 0 spiro atoms. The van der Waals surface area contributed by atoms with E-state index in [1.54, 1.807) is 18.2 Å². The normalized spacial score (nSPS) is 15.2. The number of nitrogens with one attached hydrogen (secondary N) is 1. The summed E-state index contributed by atoms with van der Waals surface area (Å²) in [4.78, 5) is 4.46. The molecule has 0 amide bonds. The van der Waals surface area contributed by atoms with Crippen LogP contribution < -0.4 is 9.03 Å². The molecule has 11 heteroatoms. The molecular formula is C23H17Cl2N3O4S2. The maximum atomic E-state index is 13.0. The molecule has 7 nitrogen and oxygen atoms in total. The highest BCUT2D eigenvalue weighted by atomic mass is 35.5. The molecular weight excluding hydrogens is 517 g/mol. The minimum atomic E-state index is -4.06. The molecule has 0 aliphatic carbocycles. The molecule has 34 heavy (non-hydrogen) atoms. The number of sulfonamides is 2. The third-order valence-corrected chi connectivity index (χ3v) is 9.43. The fourth-order valence-corrected chi connectivity index (χ4v) is 6.60. The number of rotatable bonds is 5. The van der Waals surface area contributed by atoms with Gasteiger partial charge < -0.3 is 0 Å². The van der Waals surface area contributed by atoms with Crippen LogP contribution in [0.5, 0.6) is 0 Å². The summed E-state index contributed by atoms with van der Waals surface area (Å²) in [5.41, 5.74) is 2.56. The van der Waals surface area contributed by atoms with Crippen molar-refractivity contribution in [3.63, 3.8) is 0 Å². The zero-order valence-corrected chi connectivity index (χ0v) is 20.6. The van der Waals surface area contributed by atoms with Gasteiger partial charge in [-0.2, -0.15) is 0 Å². The molecule has 0 radical (unpaired) electrons. The van der Waals surface area contributed by atoms with E-state index in [-0.39, 0.29) is 21.4 Å². The molecule has 2 heterocycles. The van der Waals surface area contributed by atoms with Gasteiger partial charge in [0.25, 0.3) is 10.0 Å². The van der Waals surface area contributed by atoms with Crippen molar-refractivity contribution >= 4 is 65.5 Å². The molecule has 0 bridgehead atoms. The lowest BCUT2D eigenvalue weighted by atomic mass is 10.1. The number of fused-ring (bicyclic) bond motifs is 1. The van der Waals surface area contributed by atoms with E-state index in [2.05, 4.69) is 9.71 Å². The first kappa shape index (κ1) is 22.9. The van der Waals surface area contributed by atoms with E-state index in [4.69, 9.17) is 23.2 Å². The minimum absolute atomic E-state index is 0.0528. The van der Waals surface area contributed by atoms with Crippen LogP contribution in [0, 0.1) is 0 Å². The summed E-state index contributed by atoms with van der Waals surface area (Å²) >= 11 is 12.6. The van der Waals surface area contributed by atoms with Crippen molar-refractivity contribution in [3.05, 3.63) is 82.8 Å². The van der Waals surface area contributed by atoms with E-state index in [0.717, 1.165) is 10.9 Å². The number of pyridine rings is 1. The van der Waals surface area contributed by atoms with Crippen LogP contribution in [0.2, 0.25) is 10.0 Å². The summed E-state index contributed by atoms with van der Waals surface area (Å²) in [6.45, 7) is 0.333. The number of anilines is 2. The molecule has 1 N–H and O–H groups in total. The van der Waals surface area contributed by atoms with E-state index in [0.29, 0.717) is 28.5 Å². The van der Waals surface area contributed by atoms with Gasteiger partial charge in [-0.05, 0) is 48.5 Å². The van der Waals surface area contributed by atoms with Gasteiger partial charge in [0.05, 0.1) is 32.7 Å². The molecule has 1 aliphatic rings. The Kier molecular flexibility index (Phi) is 5.68. The Hall–Kier alpha value is -2.85. The Morgan fingerprint density at radius 2 is 1.71 bits per heavy atom. The molecule has 1 aliphatic heterocycles. The molecule has 3 aromatic carbocycles. The fourth-order valence-electron chi connectivity index (χ4n) is 3.70. The summed E-state index contributed by atoms with van der Waals surface area (Å²) in [7, 11) is -7.41. The van der Waals surface area contributed by atoms with Crippen LogP contribution in [0.15, 0.2) is 77.7 Å².